The summed E-state index contributed by atoms with van der Waals surface area (Å²) in [4.78, 5) is 16.7. The van der Waals surface area contributed by atoms with Crippen LogP contribution < -0.4 is 0 Å². The second-order valence-corrected chi connectivity index (χ2v) is 9.46. The Balaban J connectivity index is 1.81. The highest BCUT2D eigenvalue weighted by atomic mass is 32.2. The van der Waals surface area contributed by atoms with Gasteiger partial charge in [0, 0.05) is 30.1 Å². The van der Waals surface area contributed by atoms with Gasteiger partial charge in [-0.05, 0) is 49.9 Å². The molecule has 2 heterocycles. The Morgan fingerprint density at radius 3 is 2.41 bits per heavy atom. The molecule has 1 N–H and O–H groups in total. The van der Waals surface area contributed by atoms with Gasteiger partial charge in [0.05, 0.1) is 16.0 Å². The first kappa shape index (κ1) is 18.4. The first-order valence-corrected chi connectivity index (χ1v) is 11.1. The van der Waals surface area contributed by atoms with E-state index in [4.69, 9.17) is 4.98 Å². The van der Waals surface area contributed by atoms with Crippen LogP contribution in [-0.4, -0.2) is 41.9 Å². The van der Waals surface area contributed by atoms with Crippen LogP contribution in [0.4, 0.5) is 0 Å². The number of carboxylic acids is 1. The molecule has 0 radical (unpaired) electrons. The van der Waals surface area contributed by atoms with E-state index >= 15 is 0 Å². The SMILES string of the molecule is O=C(O)c1cc(C2CCCCC2)nc2ccc(S(=O)(=O)N3CCCC3)cc12. The Hall–Kier alpha value is -1.99. The summed E-state index contributed by atoms with van der Waals surface area (Å²) in [5.41, 5.74) is 1.50. The number of carboxylic acid groups (broad SMARTS) is 1. The topological polar surface area (TPSA) is 87.6 Å². The molecule has 1 aliphatic carbocycles. The van der Waals surface area contributed by atoms with E-state index in [9.17, 15) is 18.3 Å². The Labute approximate surface area is 159 Å². The van der Waals surface area contributed by atoms with Crippen molar-refractivity contribution in [2.24, 2.45) is 0 Å². The second-order valence-electron chi connectivity index (χ2n) is 7.52. The third-order valence-electron chi connectivity index (χ3n) is 5.76. The van der Waals surface area contributed by atoms with Crippen molar-refractivity contribution >= 4 is 26.9 Å². The minimum Gasteiger partial charge on any atom is -0.478 e. The van der Waals surface area contributed by atoms with Gasteiger partial charge >= 0.3 is 5.97 Å². The average molecular weight is 388 g/mol. The van der Waals surface area contributed by atoms with Gasteiger partial charge in [0.25, 0.3) is 0 Å². The lowest BCUT2D eigenvalue weighted by atomic mass is 9.86. The lowest BCUT2D eigenvalue weighted by Gasteiger charge is -2.22. The fourth-order valence-corrected chi connectivity index (χ4v) is 5.79. The Morgan fingerprint density at radius 2 is 1.74 bits per heavy atom. The van der Waals surface area contributed by atoms with Gasteiger partial charge in [-0.1, -0.05) is 19.3 Å². The van der Waals surface area contributed by atoms with Gasteiger partial charge in [0.1, 0.15) is 0 Å². The predicted octanol–water partition coefficient (Wildman–Crippen LogP) is 3.77. The standard InChI is InChI=1S/C20H24N2O4S/c23-20(24)17-13-19(14-6-2-1-3-7-14)21-18-9-8-15(12-16(17)18)27(25,26)22-10-4-5-11-22/h8-9,12-14H,1-7,10-11H2,(H,23,24). The van der Waals surface area contributed by atoms with Crippen LogP contribution in [0, 0.1) is 0 Å². The van der Waals surface area contributed by atoms with Gasteiger partial charge in [-0.25, -0.2) is 13.2 Å². The molecule has 1 aliphatic heterocycles. The maximum absolute atomic E-state index is 12.8. The van der Waals surface area contributed by atoms with Crippen LogP contribution in [0.25, 0.3) is 10.9 Å². The Morgan fingerprint density at radius 1 is 1.04 bits per heavy atom. The highest BCUT2D eigenvalue weighted by Crippen LogP contribution is 2.34. The van der Waals surface area contributed by atoms with Gasteiger partial charge in [-0.2, -0.15) is 4.31 Å². The molecular weight excluding hydrogens is 364 g/mol. The molecule has 2 aliphatic rings. The first-order chi connectivity index (χ1) is 13.0. The summed E-state index contributed by atoms with van der Waals surface area (Å²) >= 11 is 0. The molecule has 0 atom stereocenters. The van der Waals surface area contributed by atoms with E-state index in [-0.39, 0.29) is 16.4 Å². The van der Waals surface area contributed by atoms with Crippen LogP contribution in [0.2, 0.25) is 0 Å². The summed E-state index contributed by atoms with van der Waals surface area (Å²) in [5.74, 6) is -0.760. The molecule has 2 fully saturated rings. The van der Waals surface area contributed by atoms with E-state index < -0.39 is 16.0 Å². The van der Waals surface area contributed by atoms with E-state index in [0.29, 0.717) is 24.0 Å². The first-order valence-electron chi connectivity index (χ1n) is 9.65. The fraction of sp³-hybridized carbons (Fsp3) is 0.500. The molecule has 0 unspecified atom stereocenters. The van der Waals surface area contributed by atoms with E-state index in [2.05, 4.69) is 0 Å². The number of sulfonamides is 1. The van der Waals surface area contributed by atoms with Crippen LogP contribution in [-0.2, 0) is 10.0 Å². The lowest BCUT2D eigenvalue weighted by Crippen LogP contribution is -2.27. The van der Waals surface area contributed by atoms with E-state index in [1.165, 1.54) is 16.8 Å². The number of hydrogen-bond donors (Lipinski definition) is 1. The zero-order valence-electron chi connectivity index (χ0n) is 15.2. The molecule has 27 heavy (non-hydrogen) atoms. The molecule has 0 bridgehead atoms. The summed E-state index contributed by atoms with van der Waals surface area (Å²) < 4.78 is 27.1. The number of carbonyl (C=O) groups is 1. The average Bonchev–Trinajstić information content (AvgIpc) is 3.23. The van der Waals surface area contributed by atoms with Crippen LogP contribution in [0.1, 0.15) is 66.9 Å². The molecule has 7 heteroatoms. The monoisotopic (exact) mass is 388 g/mol. The Kier molecular flexibility index (Phi) is 4.90. The molecular formula is C20H24N2O4S. The minimum atomic E-state index is -3.59. The highest BCUT2D eigenvalue weighted by Gasteiger charge is 2.28. The molecule has 144 valence electrons. The molecule has 1 aromatic carbocycles. The number of aromatic carboxylic acids is 1. The third-order valence-corrected chi connectivity index (χ3v) is 7.65. The lowest BCUT2D eigenvalue weighted by molar-refractivity contribution is 0.0698. The zero-order valence-corrected chi connectivity index (χ0v) is 16.0. The molecule has 1 saturated heterocycles. The number of pyridine rings is 1. The van der Waals surface area contributed by atoms with Crippen molar-refractivity contribution in [2.45, 2.75) is 55.8 Å². The zero-order chi connectivity index (χ0) is 19.0. The second kappa shape index (κ2) is 7.20. The summed E-state index contributed by atoms with van der Waals surface area (Å²) in [6.45, 7) is 1.04. The van der Waals surface area contributed by atoms with Gasteiger partial charge < -0.3 is 5.11 Å². The number of hydrogen-bond acceptors (Lipinski definition) is 4. The number of benzene rings is 1. The van der Waals surface area contributed by atoms with Crippen LogP contribution in [0.15, 0.2) is 29.2 Å². The van der Waals surface area contributed by atoms with Crippen molar-refractivity contribution in [3.63, 3.8) is 0 Å². The maximum atomic E-state index is 12.8. The smallest absolute Gasteiger partial charge is 0.336 e. The van der Waals surface area contributed by atoms with E-state index in [1.54, 1.807) is 18.2 Å². The highest BCUT2D eigenvalue weighted by molar-refractivity contribution is 7.89. The van der Waals surface area contributed by atoms with Crippen LogP contribution >= 0.6 is 0 Å². The molecule has 4 rings (SSSR count). The van der Waals surface area contributed by atoms with E-state index in [1.807, 2.05) is 0 Å². The summed E-state index contributed by atoms with van der Waals surface area (Å²) in [5, 5.41) is 10.1. The van der Waals surface area contributed by atoms with Crippen molar-refractivity contribution in [2.75, 3.05) is 13.1 Å². The number of aromatic nitrogens is 1. The molecule has 0 amide bonds. The van der Waals surface area contributed by atoms with Gasteiger partial charge in [0.15, 0.2) is 0 Å². The van der Waals surface area contributed by atoms with Crippen molar-refractivity contribution in [1.82, 2.24) is 9.29 Å². The quantitative estimate of drug-likeness (QED) is 0.861. The van der Waals surface area contributed by atoms with Crippen molar-refractivity contribution in [3.05, 3.63) is 35.5 Å². The van der Waals surface area contributed by atoms with Gasteiger partial charge in [-0.15, -0.1) is 0 Å². The largest absolute Gasteiger partial charge is 0.478 e. The van der Waals surface area contributed by atoms with Crippen LogP contribution in [0.5, 0.6) is 0 Å². The van der Waals surface area contributed by atoms with Crippen molar-refractivity contribution in [1.29, 1.82) is 0 Å². The molecule has 0 spiro atoms. The molecule has 1 saturated carbocycles. The molecule has 2 aromatic rings. The predicted molar refractivity (Wildman–Crippen MR) is 103 cm³/mol. The minimum absolute atomic E-state index is 0.138. The van der Waals surface area contributed by atoms with Crippen molar-refractivity contribution in [3.8, 4) is 0 Å². The molecule has 6 nitrogen and oxygen atoms in total. The summed E-state index contributed by atoms with van der Waals surface area (Å²) in [6, 6.07) is 6.33. The normalized spacial score (nSPS) is 19.6. The van der Waals surface area contributed by atoms with Gasteiger partial charge in [0.2, 0.25) is 10.0 Å². The number of nitrogens with zero attached hydrogens (tertiary/aromatic N) is 2. The third kappa shape index (κ3) is 3.46. The number of fused-ring (bicyclic) bond motifs is 1. The summed E-state index contributed by atoms with van der Waals surface area (Å²) in [7, 11) is -3.59. The maximum Gasteiger partial charge on any atom is 0.336 e. The number of rotatable bonds is 4. The Bertz CT molecular complexity index is 975. The van der Waals surface area contributed by atoms with Crippen LogP contribution in [0.3, 0.4) is 0 Å². The van der Waals surface area contributed by atoms with E-state index in [0.717, 1.165) is 44.2 Å². The molecule has 1 aromatic heterocycles. The fourth-order valence-electron chi connectivity index (χ4n) is 4.25. The van der Waals surface area contributed by atoms with Gasteiger partial charge in [-0.3, -0.25) is 4.98 Å². The summed E-state index contributed by atoms with van der Waals surface area (Å²) in [6.07, 6.45) is 7.27. The van der Waals surface area contributed by atoms with Crippen molar-refractivity contribution < 1.29 is 18.3 Å².